The lowest BCUT2D eigenvalue weighted by molar-refractivity contribution is -0.123. The average Bonchev–Trinajstić information content (AvgIpc) is 2.65. The highest BCUT2D eigenvalue weighted by atomic mass is 79.9. The predicted molar refractivity (Wildman–Crippen MR) is 114 cm³/mol. The van der Waals surface area contributed by atoms with Crippen molar-refractivity contribution >= 4 is 43.6 Å². The number of hydrogen-bond acceptors (Lipinski definition) is 4. The molecule has 0 aromatic heterocycles. The summed E-state index contributed by atoms with van der Waals surface area (Å²) in [4.78, 5) is 12.3. The highest BCUT2D eigenvalue weighted by molar-refractivity contribution is 9.10. The molecule has 0 fully saturated rings. The van der Waals surface area contributed by atoms with E-state index in [0.29, 0.717) is 5.75 Å². The van der Waals surface area contributed by atoms with Gasteiger partial charge in [-0.05, 0) is 55.2 Å². The Morgan fingerprint density at radius 3 is 2.43 bits per heavy atom. The number of benzene rings is 2. The van der Waals surface area contributed by atoms with Crippen LogP contribution in [0.2, 0.25) is 0 Å². The van der Waals surface area contributed by atoms with E-state index in [4.69, 9.17) is 0 Å². The number of thioether (sulfide) groups is 1. The Hall–Kier alpha value is -1.42. The van der Waals surface area contributed by atoms with Crippen LogP contribution < -0.4 is 10.0 Å². The minimum Gasteiger partial charge on any atom is -0.348 e. The van der Waals surface area contributed by atoms with E-state index in [-0.39, 0.29) is 12.5 Å². The van der Waals surface area contributed by atoms with E-state index in [0.717, 1.165) is 16.1 Å². The quantitative estimate of drug-likeness (QED) is 0.561. The molecule has 0 aliphatic rings. The lowest BCUT2D eigenvalue weighted by atomic mass is 10.1. The SMILES string of the molecule is CSCCC(NS(=O)(=O)c1ccccc1F)C(=O)NC(C)c1ccc(Br)cc1. The number of halogens is 2. The second-order valence-corrected chi connectivity index (χ2v) is 9.75. The van der Waals surface area contributed by atoms with Crippen LogP contribution in [0.25, 0.3) is 0 Å². The molecular formula is C19H22BrFN2O3S2. The summed E-state index contributed by atoms with van der Waals surface area (Å²) in [5, 5.41) is 2.83. The van der Waals surface area contributed by atoms with Crippen molar-refractivity contribution in [3.05, 3.63) is 64.4 Å². The maximum absolute atomic E-state index is 13.9. The first-order valence-electron chi connectivity index (χ1n) is 8.56. The molecule has 0 saturated heterocycles. The Balaban J connectivity index is 2.16. The van der Waals surface area contributed by atoms with Crippen LogP contribution in [0.15, 0.2) is 57.9 Å². The van der Waals surface area contributed by atoms with Crippen molar-refractivity contribution in [1.29, 1.82) is 0 Å². The zero-order valence-corrected chi connectivity index (χ0v) is 18.7. The molecule has 5 nitrogen and oxygen atoms in total. The summed E-state index contributed by atoms with van der Waals surface area (Å²) < 4.78 is 42.4. The molecule has 9 heteroatoms. The molecule has 2 aromatic carbocycles. The van der Waals surface area contributed by atoms with Crippen molar-refractivity contribution in [2.75, 3.05) is 12.0 Å². The molecule has 28 heavy (non-hydrogen) atoms. The summed E-state index contributed by atoms with van der Waals surface area (Å²) in [6.45, 7) is 1.82. The summed E-state index contributed by atoms with van der Waals surface area (Å²) >= 11 is 4.86. The van der Waals surface area contributed by atoms with Gasteiger partial charge in [-0.3, -0.25) is 4.79 Å². The molecule has 152 valence electrons. The van der Waals surface area contributed by atoms with Crippen LogP contribution in [0.4, 0.5) is 4.39 Å². The topological polar surface area (TPSA) is 75.3 Å². The molecule has 0 spiro atoms. The van der Waals surface area contributed by atoms with Crippen molar-refractivity contribution in [3.63, 3.8) is 0 Å². The maximum Gasteiger partial charge on any atom is 0.244 e. The second kappa shape index (κ2) is 10.4. The maximum atomic E-state index is 13.9. The summed E-state index contributed by atoms with van der Waals surface area (Å²) in [5.41, 5.74) is 0.886. The first-order chi connectivity index (χ1) is 13.2. The molecule has 2 N–H and O–H groups in total. The van der Waals surface area contributed by atoms with E-state index in [2.05, 4.69) is 26.0 Å². The fourth-order valence-electron chi connectivity index (χ4n) is 2.54. The molecule has 2 aromatic rings. The number of rotatable bonds is 9. The Kier molecular flexibility index (Phi) is 8.48. The van der Waals surface area contributed by atoms with E-state index in [1.807, 2.05) is 37.4 Å². The first kappa shape index (κ1) is 22.9. The van der Waals surface area contributed by atoms with Crippen molar-refractivity contribution in [3.8, 4) is 0 Å². The third-order valence-electron chi connectivity index (χ3n) is 4.08. The Morgan fingerprint density at radius 1 is 1.18 bits per heavy atom. The van der Waals surface area contributed by atoms with E-state index < -0.39 is 32.7 Å². The molecule has 0 radical (unpaired) electrons. The van der Waals surface area contributed by atoms with Crippen molar-refractivity contribution in [2.24, 2.45) is 0 Å². The standard InChI is InChI=1S/C19H22BrFN2O3S2/c1-13(14-7-9-15(20)10-8-14)22-19(24)17(11-12-27-2)23-28(25,26)18-6-4-3-5-16(18)21/h3-10,13,17,23H,11-12H2,1-2H3,(H,22,24). The molecule has 2 rings (SSSR count). The summed E-state index contributed by atoms with van der Waals surface area (Å²) in [5.74, 6) is -0.739. The van der Waals surface area contributed by atoms with Gasteiger partial charge in [0.25, 0.3) is 0 Å². The van der Waals surface area contributed by atoms with Gasteiger partial charge in [-0.2, -0.15) is 16.5 Å². The van der Waals surface area contributed by atoms with Gasteiger partial charge in [0.1, 0.15) is 16.8 Å². The number of hydrogen-bond donors (Lipinski definition) is 2. The first-order valence-corrected chi connectivity index (χ1v) is 12.2. The zero-order chi connectivity index (χ0) is 20.7. The number of carbonyl (C=O) groups is 1. The van der Waals surface area contributed by atoms with Crippen LogP contribution in [-0.4, -0.2) is 32.4 Å². The van der Waals surface area contributed by atoms with Crippen LogP contribution in [0.5, 0.6) is 0 Å². The fraction of sp³-hybridized carbons (Fsp3) is 0.316. The Morgan fingerprint density at radius 2 is 1.82 bits per heavy atom. The number of carbonyl (C=O) groups excluding carboxylic acids is 1. The molecule has 0 aliphatic heterocycles. The molecule has 1 amide bonds. The number of nitrogens with one attached hydrogen (secondary N) is 2. The zero-order valence-electron chi connectivity index (χ0n) is 15.5. The van der Waals surface area contributed by atoms with Crippen LogP contribution in [0.3, 0.4) is 0 Å². The monoisotopic (exact) mass is 488 g/mol. The molecule has 2 unspecified atom stereocenters. The lowest BCUT2D eigenvalue weighted by Gasteiger charge is -2.21. The molecular weight excluding hydrogens is 467 g/mol. The van der Waals surface area contributed by atoms with Crippen molar-refractivity contribution in [2.45, 2.75) is 30.3 Å². The molecule has 0 heterocycles. The van der Waals surface area contributed by atoms with Gasteiger partial charge in [0, 0.05) is 4.47 Å². The van der Waals surface area contributed by atoms with Crippen LogP contribution in [-0.2, 0) is 14.8 Å². The largest absolute Gasteiger partial charge is 0.348 e. The number of amides is 1. The van der Waals surface area contributed by atoms with Crippen LogP contribution in [0, 0.1) is 5.82 Å². The van der Waals surface area contributed by atoms with Gasteiger partial charge in [-0.15, -0.1) is 0 Å². The Bertz CT molecular complexity index is 908. The minimum absolute atomic E-state index is 0.285. The third-order valence-corrected chi connectivity index (χ3v) is 6.76. The minimum atomic E-state index is -4.17. The average molecular weight is 489 g/mol. The van der Waals surface area contributed by atoms with Gasteiger partial charge >= 0.3 is 0 Å². The van der Waals surface area contributed by atoms with E-state index in [1.54, 1.807) is 0 Å². The summed E-state index contributed by atoms with van der Waals surface area (Å²) in [7, 11) is -4.17. The highest BCUT2D eigenvalue weighted by Gasteiger charge is 2.28. The van der Waals surface area contributed by atoms with E-state index in [9.17, 15) is 17.6 Å². The smallest absolute Gasteiger partial charge is 0.244 e. The molecule has 0 aliphatic carbocycles. The van der Waals surface area contributed by atoms with Crippen molar-refractivity contribution < 1.29 is 17.6 Å². The third kappa shape index (κ3) is 6.30. The molecule has 2 atom stereocenters. The normalized spacial score (nSPS) is 13.7. The van der Waals surface area contributed by atoms with Gasteiger partial charge in [0.05, 0.1) is 6.04 Å². The van der Waals surface area contributed by atoms with E-state index in [1.165, 1.54) is 30.0 Å². The second-order valence-electron chi connectivity index (χ2n) is 6.17. The van der Waals surface area contributed by atoms with Gasteiger partial charge in [-0.1, -0.05) is 40.2 Å². The fourth-order valence-corrected chi connectivity index (χ4v) is 4.59. The van der Waals surface area contributed by atoms with Gasteiger partial charge in [0.15, 0.2) is 0 Å². The highest BCUT2D eigenvalue weighted by Crippen LogP contribution is 2.18. The summed E-state index contributed by atoms with van der Waals surface area (Å²) in [6.07, 6.45) is 2.15. The number of sulfonamides is 1. The van der Waals surface area contributed by atoms with Gasteiger partial charge < -0.3 is 5.32 Å². The van der Waals surface area contributed by atoms with Crippen LogP contribution >= 0.6 is 27.7 Å². The van der Waals surface area contributed by atoms with Gasteiger partial charge in [0.2, 0.25) is 15.9 Å². The van der Waals surface area contributed by atoms with Crippen LogP contribution in [0.1, 0.15) is 24.9 Å². The molecule has 0 saturated carbocycles. The Labute approximate surface area is 177 Å². The predicted octanol–water partition coefficient (Wildman–Crippen LogP) is 3.87. The lowest BCUT2D eigenvalue weighted by Crippen LogP contribution is -2.47. The van der Waals surface area contributed by atoms with Crippen molar-refractivity contribution in [1.82, 2.24) is 10.0 Å². The van der Waals surface area contributed by atoms with E-state index >= 15 is 0 Å². The van der Waals surface area contributed by atoms with Gasteiger partial charge in [-0.25, -0.2) is 12.8 Å². The summed E-state index contributed by atoms with van der Waals surface area (Å²) in [6, 6.07) is 11.2. The molecule has 0 bridgehead atoms.